The Balaban J connectivity index is 2.92. The Labute approximate surface area is 127 Å². The van der Waals surface area contributed by atoms with Crippen LogP contribution in [0, 0.1) is 11.3 Å². The van der Waals surface area contributed by atoms with Gasteiger partial charge in [-0.1, -0.05) is 27.7 Å². The Morgan fingerprint density at radius 3 is 2.38 bits per heavy atom. The van der Waals surface area contributed by atoms with Gasteiger partial charge in [-0.25, -0.2) is 4.79 Å². The van der Waals surface area contributed by atoms with Crippen molar-refractivity contribution >= 4 is 17.7 Å². The van der Waals surface area contributed by atoms with E-state index in [0.29, 0.717) is 13.0 Å². The van der Waals surface area contributed by atoms with Crippen molar-refractivity contribution in [3.05, 3.63) is 0 Å². The van der Waals surface area contributed by atoms with Gasteiger partial charge in [-0.2, -0.15) is 0 Å². The summed E-state index contributed by atoms with van der Waals surface area (Å²) in [6.07, 6.45) is 2.26. The van der Waals surface area contributed by atoms with Crippen LogP contribution >= 0.6 is 0 Å². The predicted molar refractivity (Wildman–Crippen MR) is 79.6 cm³/mol. The van der Waals surface area contributed by atoms with Crippen LogP contribution in [0.25, 0.3) is 0 Å². The summed E-state index contributed by atoms with van der Waals surface area (Å²) in [4.78, 5) is 38.4. The topological polar surface area (TPSA) is 63.7 Å². The van der Waals surface area contributed by atoms with Crippen LogP contribution in [0.4, 0.5) is 0 Å². The van der Waals surface area contributed by atoms with Crippen LogP contribution in [-0.2, 0) is 19.1 Å². The molecule has 0 bridgehead atoms. The highest BCUT2D eigenvalue weighted by molar-refractivity contribution is 6.38. The molecule has 1 saturated heterocycles. The maximum Gasteiger partial charge on any atom is 0.328 e. The van der Waals surface area contributed by atoms with E-state index in [9.17, 15) is 14.4 Å². The van der Waals surface area contributed by atoms with Crippen molar-refractivity contribution in [3.63, 3.8) is 0 Å². The first-order valence-electron chi connectivity index (χ1n) is 7.75. The zero-order valence-corrected chi connectivity index (χ0v) is 13.8. The van der Waals surface area contributed by atoms with E-state index in [4.69, 9.17) is 4.74 Å². The lowest BCUT2D eigenvalue weighted by molar-refractivity contribution is -0.161. The van der Waals surface area contributed by atoms with Crippen LogP contribution in [0.2, 0.25) is 0 Å². The number of esters is 1. The van der Waals surface area contributed by atoms with Crippen LogP contribution in [-0.4, -0.2) is 41.8 Å². The second-order valence-electron chi connectivity index (χ2n) is 6.47. The van der Waals surface area contributed by atoms with Gasteiger partial charge in [0.2, 0.25) is 5.78 Å². The Kier molecular flexibility index (Phi) is 5.93. The summed E-state index contributed by atoms with van der Waals surface area (Å²) >= 11 is 0. The smallest absolute Gasteiger partial charge is 0.328 e. The second-order valence-corrected chi connectivity index (χ2v) is 6.47. The molecule has 1 fully saturated rings. The van der Waals surface area contributed by atoms with E-state index in [-0.39, 0.29) is 12.5 Å². The predicted octanol–water partition coefficient (Wildman–Crippen LogP) is 2.18. The first-order valence-corrected chi connectivity index (χ1v) is 7.75. The largest absolute Gasteiger partial charge is 0.464 e. The molecule has 0 N–H and O–H groups in total. The average Bonchev–Trinajstić information content (AvgIpc) is 2.45. The molecule has 0 unspecified atom stereocenters. The number of ether oxygens (including phenoxy) is 1. The van der Waals surface area contributed by atoms with E-state index in [1.807, 2.05) is 13.8 Å². The number of likely N-dealkylation sites (tertiary alicyclic amines) is 1. The molecule has 0 spiro atoms. The highest BCUT2D eigenvalue weighted by atomic mass is 16.5. The van der Waals surface area contributed by atoms with Crippen LogP contribution < -0.4 is 0 Å². The van der Waals surface area contributed by atoms with Crippen molar-refractivity contribution in [2.24, 2.45) is 11.3 Å². The van der Waals surface area contributed by atoms with Gasteiger partial charge in [-0.05, 0) is 32.1 Å². The van der Waals surface area contributed by atoms with Gasteiger partial charge in [0.1, 0.15) is 6.04 Å². The van der Waals surface area contributed by atoms with E-state index in [1.165, 1.54) is 4.90 Å². The lowest BCUT2D eigenvalue weighted by Gasteiger charge is -2.36. The number of hydrogen-bond donors (Lipinski definition) is 0. The van der Waals surface area contributed by atoms with Crippen LogP contribution in [0.3, 0.4) is 0 Å². The summed E-state index contributed by atoms with van der Waals surface area (Å²) < 4.78 is 5.03. The summed E-state index contributed by atoms with van der Waals surface area (Å²) in [6.45, 7) is 9.86. The van der Waals surface area contributed by atoms with Crippen molar-refractivity contribution in [2.45, 2.75) is 59.9 Å². The zero-order chi connectivity index (χ0) is 16.2. The molecule has 1 aliphatic heterocycles. The summed E-state index contributed by atoms with van der Waals surface area (Å²) in [7, 11) is 0. The molecular weight excluding hydrogens is 270 g/mol. The third-order valence-corrected chi connectivity index (χ3v) is 4.55. The van der Waals surface area contributed by atoms with Crippen molar-refractivity contribution in [2.75, 3.05) is 13.2 Å². The number of carbonyl (C=O) groups is 3. The van der Waals surface area contributed by atoms with Crippen molar-refractivity contribution in [3.8, 4) is 0 Å². The van der Waals surface area contributed by atoms with E-state index >= 15 is 0 Å². The van der Waals surface area contributed by atoms with Gasteiger partial charge in [0, 0.05) is 12.0 Å². The molecule has 0 radical (unpaired) electrons. The van der Waals surface area contributed by atoms with Gasteiger partial charge in [-0.3, -0.25) is 9.59 Å². The molecule has 5 nitrogen and oxygen atoms in total. The molecule has 0 aromatic rings. The molecule has 1 heterocycles. The molecule has 0 aromatic carbocycles. The number of rotatable bonds is 5. The zero-order valence-electron chi connectivity index (χ0n) is 13.8. The molecule has 21 heavy (non-hydrogen) atoms. The number of nitrogens with zero attached hydrogens (tertiary/aromatic N) is 1. The fraction of sp³-hybridized carbons (Fsp3) is 0.812. The Hall–Kier alpha value is -1.39. The van der Waals surface area contributed by atoms with E-state index in [0.717, 1.165) is 12.8 Å². The van der Waals surface area contributed by atoms with Gasteiger partial charge in [0.15, 0.2) is 0 Å². The lowest BCUT2D eigenvalue weighted by Crippen LogP contribution is -2.53. The fourth-order valence-corrected chi connectivity index (χ4v) is 2.33. The normalized spacial score (nSPS) is 19.5. The number of amides is 1. The maximum absolute atomic E-state index is 12.5. The summed E-state index contributed by atoms with van der Waals surface area (Å²) in [6, 6.07) is -0.613. The first-order chi connectivity index (χ1) is 9.73. The SMILES string of the molecule is CCOC(=O)[C@@H]1CCCCN1C(=O)C(=O)C(C)(C)C(C)C. The van der Waals surface area contributed by atoms with E-state index < -0.39 is 29.1 Å². The highest BCUT2D eigenvalue weighted by Gasteiger charge is 2.42. The molecule has 1 aliphatic rings. The average molecular weight is 297 g/mol. The van der Waals surface area contributed by atoms with Gasteiger partial charge >= 0.3 is 5.97 Å². The summed E-state index contributed by atoms with van der Waals surface area (Å²) in [5, 5.41) is 0. The number of Topliss-reactive ketones (excluding diaryl/α,β-unsaturated/α-hetero) is 1. The van der Waals surface area contributed by atoms with Crippen LogP contribution in [0.5, 0.6) is 0 Å². The van der Waals surface area contributed by atoms with Gasteiger partial charge in [-0.15, -0.1) is 0 Å². The quantitative estimate of drug-likeness (QED) is 0.576. The summed E-state index contributed by atoms with van der Waals surface area (Å²) in [5.74, 6) is -1.32. The van der Waals surface area contributed by atoms with Gasteiger partial charge in [0.25, 0.3) is 5.91 Å². The number of ketones is 1. The minimum Gasteiger partial charge on any atom is -0.464 e. The third-order valence-electron chi connectivity index (χ3n) is 4.55. The Morgan fingerprint density at radius 1 is 1.24 bits per heavy atom. The number of hydrogen-bond acceptors (Lipinski definition) is 4. The van der Waals surface area contributed by atoms with Crippen molar-refractivity contribution in [1.29, 1.82) is 0 Å². The molecule has 0 aromatic heterocycles. The van der Waals surface area contributed by atoms with Crippen molar-refractivity contribution in [1.82, 2.24) is 4.90 Å². The molecular formula is C16H27NO4. The maximum atomic E-state index is 12.5. The molecule has 0 saturated carbocycles. The van der Waals surface area contributed by atoms with Crippen LogP contribution in [0.1, 0.15) is 53.9 Å². The summed E-state index contributed by atoms with van der Waals surface area (Å²) in [5.41, 5.74) is -0.728. The molecule has 1 amide bonds. The molecule has 120 valence electrons. The van der Waals surface area contributed by atoms with E-state index in [2.05, 4.69) is 0 Å². The molecule has 1 atom stereocenters. The van der Waals surface area contributed by atoms with Gasteiger partial charge < -0.3 is 9.64 Å². The fourth-order valence-electron chi connectivity index (χ4n) is 2.33. The number of piperidine rings is 1. The molecule has 0 aliphatic carbocycles. The minimum absolute atomic E-state index is 0.0554. The highest BCUT2D eigenvalue weighted by Crippen LogP contribution is 2.29. The van der Waals surface area contributed by atoms with Gasteiger partial charge in [0.05, 0.1) is 6.61 Å². The standard InChI is InChI=1S/C16H27NO4/c1-6-21-15(20)12-9-7-8-10-17(12)14(19)13(18)16(4,5)11(2)3/h11-12H,6-10H2,1-5H3/t12-/m0/s1. The second kappa shape index (κ2) is 7.05. The van der Waals surface area contributed by atoms with E-state index in [1.54, 1.807) is 20.8 Å². The Morgan fingerprint density at radius 2 is 1.86 bits per heavy atom. The number of carbonyl (C=O) groups excluding carboxylic acids is 3. The van der Waals surface area contributed by atoms with Crippen LogP contribution in [0.15, 0.2) is 0 Å². The first kappa shape index (κ1) is 17.7. The third kappa shape index (κ3) is 3.83. The monoisotopic (exact) mass is 297 g/mol. The Bertz CT molecular complexity index is 415. The molecule has 5 heteroatoms. The molecule has 1 rings (SSSR count). The lowest BCUT2D eigenvalue weighted by atomic mass is 9.76. The minimum atomic E-state index is -0.728. The van der Waals surface area contributed by atoms with Crippen molar-refractivity contribution < 1.29 is 19.1 Å².